The van der Waals surface area contributed by atoms with Crippen LogP contribution < -0.4 is 17.0 Å². The number of nitrogens with two attached hydrogens (primary N) is 1. The van der Waals surface area contributed by atoms with Crippen molar-refractivity contribution in [2.45, 2.75) is 26.8 Å². The SMILES string of the molecule is CCc1c(N)[nH]c(=O)n(CC)c1=O. The lowest BCUT2D eigenvalue weighted by atomic mass is 10.2. The fourth-order valence-corrected chi connectivity index (χ4v) is 1.26. The van der Waals surface area contributed by atoms with E-state index in [1.807, 2.05) is 6.92 Å². The molecule has 0 spiro atoms. The quantitative estimate of drug-likeness (QED) is 0.660. The molecular weight excluding hydrogens is 170 g/mol. The Labute approximate surface area is 75.2 Å². The minimum Gasteiger partial charge on any atom is -0.385 e. The van der Waals surface area contributed by atoms with Crippen LogP contribution in [0.4, 0.5) is 5.82 Å². The molecule has 0 bridgehead atoms. The summed E-state index contributed by atoms with van der Waals surface area (Å²) < 4.78 is 1.13. The van der Waals surface area contributed by atoms with E-state index in [1.54, 1.807) is 6.92 Å². The molecule has 0 amide bonds. The predicted molar refractivity (Wildman–Crippen MR) is 50.8 cm³/mol. The van der Waals surface area contributed by atoms with E-state index in [9.17, 15) is 9.59 Å². The number of anilines is 1. The number of H-pyrrole nitrogens is 1. The standard InChI is InChI=1S/C8H13N3O2/c1-3-5-6(9)10-8(13)11(4-2)7(5)12/h3-4,9H2,1-2H3,(H,10,13). The summed E-state index contributed by atoms with van der Waals surface area (Å²) in [5.41, 5.74) is 5.23. The Hall–Kier alpha value is -1.52. The van der Waals surface area contributed by atoms with Crippen LogP contribution in [-0.2, 0) is 13.0 Å². The number of nitrogens with zero attached hydrogens (tertiary/aromatic N) is 1. The third kappa shape index (κ3) is 1.49. The second kappa shape index (κ2) is 3.47. The molecule has 0 aliphatic heterocycles. The number of nitrogens with one attached hydrogen (secondary N) is 1. The van der Waals surface area contributed by atoms with Gasteiger partial charge in [-0.25, -0.2) is 4.79 Å². The minimum atomic E-state index is -0.442. The summed E-state index contributed by atoms with van der Waals surface area (Å²) in [6, 6.07) is 0. The first-order chi connectivity index (χ1) is 6.11. The van der Waals surface area contributed by atoms with Crippen LogP contribution >= 0.6 is 0 Å². The highest BCUT2D eigenvalue weighted by Crippen LogP contribution is 1.98. The molecule has 5 heteroatoms. The molecule has 0 aromatic carbocycles. The zero-order valence-electron chi connectivity index (χ0n) is 7.76. The molecule has 1 rings (SSSR count). The van der Waals surface area contributed by atoms with Gasteiger partial charge in [-0.15, -0.1) is 0 Å². The van der Waals surface area contributed by atoms with E-state index < -0.39 is 5.69 Å². The lowest BCUT2D eigenvalue weighted by molar-refractivity contribution is 0.664. The molecular formula is C8H13N3O2. The van der Waals surface area contributed by atoms with Gasteiger partial charge in [0.05, 0.1) is 5.56 Å². The van der Waals surface area contributed by atoms with Crippen molar-refractivity contribution >= 4 is 5.82 Å². The highest BCUT2D eigenvalue weighted by molar-refractivity contribution is 5.36. The monoisotopic (exact) mass is 183 g/mol. The second-order valence-electron chi connectivity index (χ2n) is 2.73. The zero-order valence-corrected chi connectivity index (χ0v) is 7.76. The van der Waals surface area contributed by atoms with E-state index in [4.69, 9.17) is 5.73 Å². The summed E-state index contributed by atoms with van der Waals surface area (Å²) in [6.07, 6.45) is 0.529. The fraction of sp³-hybridized carbons (Fsp3) is 0.500. The molecule has 0 saturated heterocycles. The first kappa shape index (κ1) is 9.57. The molecule has 0 radical (unpaired) electrons. The summed E-state index contributed by atoms with van der Waals surface area (Å²) in [5.74, 6) is 0.183. The number of hydrogen-bond donors (Lipinski definition) is 2. The smallest absolute Gasteiger partial charge is 0.329 e. The van der Waals surface area contributed by atoms with Gasteiger partial charge in [-0.05, 0) is 13.3 Å². The van der Waals surface area contributed by atoms with Gasteiger partial charge in [0.25, 0.3) is 5.56 Å². The van der Waals surface area contributed by atoms with E-state index in [1.165, 1.54) is 0 Å². The Bertz CT molecular complexity index is 416. The Morgan fingerprint density at radius 3 is 2.46 bits per heavy atom. The fourth-order valence-electron chi connectivity index (χ4n) is 1.26. The van der Waals surface area contributed by atoms with Crippen LogP contribution in [0, 0.1) is 0 Å². The number of nitrogen functional groups attached to an aromatic ring is 1. The van der Waals surface area contributed by atoms with Crippen LogP contribution in [0.15, 0.2) is 9.59 Å². The van der Waals surface area contributed by atoms with E-state index in [0.717, 1.165) is 4.57 Å². The van der Waals surface area contributed by atoms with Crippen molar-refractivity contribution in [3.05, 3.63) is 26.4 Å². The Morgan fingerprint density at radius 2 is 2.00 bits per heavy atom. The van der Waals surface area contributed by atoms with Crippen molar-refractivity contribution in [1.29, 1.82) is 0 Å². The number of aromatic amines is 1. The molecule has 0 unspecified atom stereocenters. The van der Waals surface area contributed by atoms with Gasteiger partial charge in [-0.2, -0.15) is 0 Å². The van der Waals surface area contributed by atoms with Gasteiger partial charge in [-0.1, -0.05) is 6.92 Å². The van der Waals surface area contributed by atoms with Crippen molar-refractivity contribution in [3.63, 3.8) is 0 Å². The Balaban J connectivity index is 3.59. The van der Waals surface area contributed by atoms with Crippen LogP contribution in [0.1, 0.15) is 19.4 Å². The summed E-state index contributed by atoms with van der Waals surface area (Å²) in [7, 11) is 0. The van der Waals surface area contributed by atoms with Gasteiger partial charge in [-0.3, -0.25) is 14.3 Å². The third-order valence-corrected chi connectivity index (χ3v) is 1.98. The largest absolute Gasteiger partial charge is 0.385 e. The first-order valence-corrected chi connectivity index (χ1v) is 4.23. The Kier molecular flexibility index (Phi) is 2.55. The number of hydrogen-bond acceptors (Lipinski definition) is 3. The summed E-state index contributed by atoms with van der Waals surface area (Å²) >= 11 is 0. The Morgan fingerprint density at radius 1 is 1.38 bits per heavy atom. The average molecular weight is 183 g/mol. The third-order valence-electron chi connectivity index (χ3n) is 1.98. The lowest BCUT2D eigenvalue weighted by Gasteiger charge is -2.05. The molecule has 1 aromatic rings. The van der Waals surface area contributed by atoms with Crippen LogP contribution in [0.3, 0.4) is 0 Å². The summed E-state index contributed by atoms with van der Waals surface area (Å²) in [5, 5.41) is 0. The van der Waals surface area contributed by atoms with E-state index in [-0.39, 0.29) is 11.4 Å². The van der Waals surface area contributed by atoms with Gasteiger partial charge in [0.2, 0.25) is 0 Å². The molecule has 1 aromatic heterocycles. The molecule has 0 aliphatic carbocycles. The topological polar surface area (TPSA) is 80.9 Å². The molecule has 0 saturated carbocycles. The second-order valence-corrected chi connectivity index (χ2v) is 2.73. The number of aromatic nitrogens is 2. The van der Waals surface area contributed by atoms with Crippen molar-refractivity contribution in [2.75, 3.05) is 5.73 Å². The maximum Gasteiger partial charge on any atom is 0.329 e. The highest BCUT2D eigenvalue weighted by Gasteiger charge is 2.08. The van der Waals surface area contributed by atoms with Crippen LogP contribution in [0.25, 0.3) is 0 Å². The maximum atomic E-state index is 11.5. The highest BCUT2D eigenvalue weighted by atomic mass is 16.2. The normalized spacial score (nSPS) is 10.3. The molecule has 13 heavy (non-hydrogen) atoms. The van der Waals surface area contributed by atoms with Crippen molar-refractivity contribution in [2.24, 2.45) is 0 Å². The summed E-state index contributed by atoms with van der Waals surface area (Å²) in [6.45, 7) is 3.93. The predicted octanol–water partition coefficient (Wildman–Crippen LogP) is -0.299. The van der Waals surface area contributed by atoms with Crippen LogP contribution in [-0.4, -0.2) is 9.55 Å². The molecule has 3 N–H and O–H groups in total. The molecule has 5 nitrogen and oxygen atoms in total. The van der Waals surface area contributed by atoms with E-state index in [0.29, 0.717) is 18.5 Å². The van der Waals surface area contributed by atoms with Gasteiger partial charge in [0.1, 0.15) is 5.82 Å². The maximum absolute atomic E-state index is 11.5. The minimum absolute atomic E-state index is 0.183. The lowest BCUT2D eigenvalue weighted by Crippen LogP contribution is -2.37. The van der Waals surface area contributed by atoms with Gasteiger partial charge < -0.3 is 5.73 Å². The average Bonchev–Trinajstić information content (AvgIpc) is 2.04. The zero-order chi connectivity index (χ0) is 10.0. The first-order valence-electron chi connectivity index (χ1n) is 4.23. The van der Waals surface area contributed by atoms with Gasteiger partial charge in [0, 0.05) is 6.54 Å². The molecule has 0 fully saturated rings. The molecule has 0 atom stereocenters. The van der Waals surface area contributed by atoms with Gasteiger partial charge >= 0.3 is 5.69 Å². The van der Waals surface area contributed by atoms with Crippen LogP contribution in [0.2, 0.25) is 0 Å². The van der Waals surface area contributed by atoms with Gasteiger partial charge in [0.15, 0.2) is 0 Å². The van der Waals surface area contributed by atoms with E-state index in [2.05, 4.69) is 4.98 Å². The molecule has 72 valence electrons. The van der Waals surface area contributed by atoms with Crippen LogP contribution in [0.5, 0.6) is 0 Å². The molecule has 0 aliphatic rings. The summed E-state index contributed by atoms with van der Waals surface area (Å²) in [4.78, 5) is 25.2. The van der Waals surface area contributed by atoms with Crippen molar-refractivity contribution in [3.8, 4) is 0 Å². The number of rotatable bonds is 2. The van der Waals surface area contributed by atoms with Crippen molar-refractivity contribution < 1.29 is 0 Å². The van der Waals surface area contributed by atoms with E-state index >= 15 is 0 Å². The molecule has 1 heterocycles. The van der Waals surface area contributed by atoms with Crippen molar-refractivity contribution in [1.82, 2.24) is 9.55 Å².